The Bertz CT molecular complexity index is 1370. The van der Waals surface area contributed by atoms with E-state index in [2.05, 4.69) is 17.3 Å². The van der Waals surface area contributed by atoms with Crippen molar-refractivity contribution in [2.24, 2.45) is 17.8 Å². The predicted octanol–water partition coefficient (Wildman–Crippen LogP) is 7.13. The molecule has 1 aliphatic carbocycles. The fraction of sp³-hybridized carbons (Fsp3) is 0.674. The monoisotopic (exact) mass is 750 g/mol. The minimum absolute atomic E-state index is 0.0109. The van der Waals surface area contributed by atoms with Gasteiger partial charge in [0.2, 0.25) is 5.91 Å². The number of urea groups is 1. The SMILES string of the molecule is CCCC[C@@H](C(=O)NN(Cc1ccccn1)C(=O)[C@@H](C[C@@H](O)CCC1CCCCC1)C(C)C)N(CCc1ccccc1)C(=O)N1CCC(OCOC)CC1. The van der Waals surface area contributed by atoms with Crippen LogP contribution >= 0.6 is 0 Å². The van der Waals surface area contributed by atoms with E-state index in [0.29, 0.717) is 69.8 Å². The number of aliphatic hydroxyl groups is 1. The van der Waals surface area contributed by atoms with Crippen molar-refractivity contribution in [1.29, 1.82) is 0 Å². The zero-order valence-corrected chi connectivity index (χ0v) is 33.4. The summed E-state index contributed by atoms with van der Waals surface area (Å²) >= 11 is 0. The number of pyridine rings is 1. The summed E-state index contributed by atoms with van der Waals surface area (Å²) in [7, 11) is 1.60. The highest BCUT2D eigenvalue weighted by Gasteiger charge is 2.37. The third-order valence-corrected chi connectivity index (χ3v) is 11.2. The fourth-order valence-corrected chi connectivity index (χ4v) is 7.87. The number of aliphatic hydroxyl groups excluding tert-OH is 1. The molecule has 2 N–H and O–H groups in total. The first-order chi connectivity index (χ1) is 26.2. The second-order valence-corrected chi connectivity index (χ2v) is 15.7. The van der Waals surface area contributed by atoms with Crippen LogP contribution < -0.4 is 5.43 Å². The number of methoxy groups -OCH3 is 1. The average Bonchev–Trinajstić information content (AvgIpc) is 3.20. The number of aromatic nitrogens is 1. The standard InChI is InChI=1S/C43H67N5O6/c1-5-6-20-40(47(29-23-35-17-11-8-12-18-35)43(52)46-27-24-38(25-28-46)54-32-53-4)41(50)45-48(31-36-19-13-14-26-44-36)42(51)39(33(2)3)30-37(49)22-21-34-15-9-7-10-16-34/h8,11-14,17-19,26,33-34,37-40,49H,5-7,9-10,15-16,20-25,27-32H2,1-4H3,(H,45,50)/t37-,39-,40-/m0/s1. The normalized spacial score (nSPS) is 17.2. The highest BCUT2D eigenvalue weighted by molar-refractivity contribution is 5.89. The van der Waals surface area contributed by atoms with E-state index in [-0.39, 0.29) is 37.3 Å². The smallest absolute Gasteiger partial charge is 0.320 e. The largest absolute Gasteiger partial charge is 0.393 e. The molecule has 0 spiro atoms. The molecular weight excluding hydrogens is 683 g/mol. The molecule has 3 atom stereocenters. The molecule has 11 heteroatoms. The number of hydrogen-bond donors (Lipinski definition) is 2. The molecule has 0 unspecified atom stereocenters. The Morgan fingerprint density at radius 1 is 0.981 bits per heavy atom. The molecule has 2 aliphatic rings. The molecule has 4 rings (SSSR count). The second-order valence-electron chi connectivity index (χ2n) is 15.7. The zero-order valence-electron chi connectivity index (χ0n) is 33.4. The Morgan fingerprint density at radius 2 is 1.70 bits per heavy atom. The Hall–Kier alpha value is -3.54. The molecule has 2 heterocycles. The molecule has 0 radical (unpaired) electrons. The number of nitrogens with zero attached hydrogens (tertiary/aromatic N) is 4. The van der Waals surface area contributed by atoms with Gasteiger partial charge in [-0.3, -0.25) is 20.0 Å². The molecule has 1 aromatic carbocycles. The quantitative estimate of drug-likeness (QED) is 0.109. The van der Waals surface area contributed by atoms with E-state index in [1.54, 1.807) is 18.2 Å². The Labute approximate surface area is 324 Å². The minimum Gasteiger partial charge on any atom is -0.393 e. The number of hydrazine groups is 1. The number of piperidine rings is 1. The molecule has 300 valence electrons. The van der Waals surface area contributed by atoms with E-state index in [1.807, 2.05) is 67.3 Å². The number of benzene rings is 1. The maximum Gasteiger partial charge on any atom is 0.320 e. The van der Waals surface area contributed by atoms with Gasteiger partial charge in [-0.2, -0.15) is 0 Å². The highest BCUT2D eigenvalue weighted by Crippen LogP contribution is 2.30. The van der Waals surface area contributed by atoms with Crippen LogP contribution in [0, 0.1) is 17.8 Å². The molecule has 1 saturated carbocycles. The van der Waals surface area contributed by atoms with Crippen molar-refractivity contribution in [1.82, 2.24) is 25.2 Å². The van der Waals surface area contributed by atoms with Crippen molar-refractivity contribution in [3.63, 3.8) is 0 Å². The van der Waals surface area contributed by atoms with Gasteiger partial charge in [0, 0.05) is 38.9 Å². The summed E-state index contributed by atoms with van der Waals surface area (Å²) in [6.45, 7) is 7.72. The number of unbranched alkanes of at least 4 members (excludes halogenated alkanes) is 1. The maximum atomic E-state index is 14.6. The Morgan fingerprint density at radius 3 is 2.35 bits per heavy atom. The number of carbonyl (C=O) groups excluding carboxylic acids is 3. The first kappa shape index (κ1) is 43.2. The first-order valence-electron chi connectivity index (χ1n) is 20.6. The zero-order chi connectivity index (χ0) is 38.7. The molecule has 2 aromatic rings. The van der Waals surface area contributed by atoms with Crippen LogP contribution in [0.4, 0.5) is 4.79 Å². The van der Waals surface area contributed by atoms with Crippen LogP contribution in [0.1, 0.15) is 115 Å². The molecular formula is C43H67N5O6. The molecule has 11 nitrogen and oxygen atoms in total. The van der Waals surface area contributed by atoms with Gasteiger partial charge in [-0.15, -0.1) is 0 Å². The van der Waals surface area contributed by atoms with Crippen LogP contribution in [-0.2, 0) is 32.0 Å². The molecule has 0 bridgehead atoms. The van der Waals surface area contributed by atoms with E-state index in [1.165, 1.54) is 37.1 Å². The molecule has 1 saturated heterocycles. The summed E-state index contributed by atoms with van der Waals surface area (Å²) < 4.78 is 10.9. The lowest BCUT2D eigenvalue weighted by molar-refractivity contribution is -0.149. The van der Waals surface area contributed by atoms with Gasteiger partial charge >= 0.3 is 6.03 Å². The number of hydrogen-bond acceptors (Lipinski definition) is 7. The van der Waals surface area contributed by atoms with Crippen molar-refractivity contribution < 1.29 is 29.0 Å². The third-order valence-electron chi connectivity index (χ3n) is 11.2. The predicted molar refractivity (Wildman–Crippen MR) is 211 cm³/mol. The van der Waals surface area contributed by atoms with Crippen LogP contribution in [0.2, 0.25) is 0 Å². The first-order valence-corrected chi connectivity index (χ1v) is 20.6. The number of amides is 4. The lowest BCUT2D eigenvalue weighted by Gasteiger charge is -2.39. The summed E-state index contributed by atoms with van der Waals surface area (Å²) in [5.74, 6) is -0.588. The van der Waals surface area contributed by atoms with Gasteiger partial charge in [0.1, 0.15) is 12.8 Å². The van der Waals surface area contributed by atoms with Gasteiger partial charge in [-0.25, -0.2) is 9.80 Å². The van der Waals surface area contributed by atoms with Crippen molar-refractivity contribution in [3.8, 4) is 0 Å². The van der Waals surface area contributed by atoms with E-state index in [4.69, 9.17) is 9.47 Å². The van der Waals surface area contributed by atoms with Gasteiger partial charge in [-0.1, -0.05) is 102 Å². The van der Waals surface area contributed by atoms with Gasteiger partial charge in [0.25, 0.3) is 5.91 Å². The number of nitrogens with one attached hydrogen (secondary N) is 1. The van der Waals surface area contributed by atoms with Crippen molar-refractivity contribution in [2.45, 2.75) is 135 Å². The van der Waals surface area contributed by atoms with Crippen molar-refractivity contribution >= 4 is 17.8 Å². The number of rotatable bonds is 20. The Kier molecular flexibility index (Phi) is 18.7. The molecule has 1 aromatic heterocycles. The average molecular weight is 750 g/mol. The minimum atomic E-state index is -0.804. The Balaban J connectivity index is 1.56. The number of carbonyl (C=O) groups is 3. The third kappa shape index (κ3) is 13.9. The van der Waals surface area contributed by atoms with Crippen molar-refractivity contribution in [3.05, 3.63) is 66.0 Å². The summed E-state index contributed by atoms with van der Waals surface area (Å²) in [4.78, 5) is 51.6. The van der Waals surface area contributed by atoms with Crippen LogP contribution in [0.3, 0.4) is 0 Å². The molecule has 54 heavy (non-hydrogen) atoms. The van der Waals surface area contributed by atoms with E-state index < -0.39 is 24.0 Å². The van der Waals surface area contributed by atoms with Gasteiger partial charge in [-0.05, 0) is 74.5 Å². The second kappa shape index (κ2) is 23.4. The van der Waals surface area contributed by atoms with Crippen LogP contribution in [0.5, 0.6) is 0 Å². The highest BCUT2D eigenvalue weighted by atomic mass is 16.7. The van der Waals surface area contributed by atoms with Gasteiger partial charge in [0.15, 0.2) is 0 Å². The van der Waals surface area contributed by atoms with Gasteiger partial charge in [0.05, 0.1) is 24.4 Å². The fourth-order valence-electron chi connectivity index (χ4n) is 7.87. The molecule has 2 fully saturated rings. The van der Waals surface area contributed by atoms with E-state index in [9.17, 15) is 19.5 Å². The van der Waals surface area contributed by atoms with Crippen molar-refractivity contribution in [2.75, 3.05) is 33.5 Å². The summed E-state index contributed by atoms with van der Waals surface area (Å²) in [5.41, 5.74) is 4.72. The summed E-state index contributed by atoms with van der Waals surface area (Å²) in [5, 5.41) is 12.6. The molecule has 1 aliphatic heterocycles. The number of likely N-dealkylation sites (tertiary alicyclic amines) is 1. The topological polar surface area (TPSA) is 125 Å². The summed E-state index contributed by atoms with van der Waals surface area (Å²) in [6.07, 6.45) is 13.3. The van der Waals surface area contributed by atoms with Crippen LogP contribution in [0.25, 0.3) is 0 Å². The maximum absolute atomic E-state index is 14.6. The van der Waals surface area contributed by atoms with Crippen LogP contribution in [-0.4, -0.2) is 94.5 Å². The summed E-state index contributed by atoms with van der Waals surface area (Å²) in [6, 6.07) is 14.5. The molecule has 4 amide bonds. The van der Waals surface area contributed by atoms with Gasteiger partial charge < -0.3 is 24.4 Å². The lowest BCUT2D eigenvalue weighted by atomic mass is 9.83. The van der Waals surface area contributed by atoms with Crippen LogP contribution in [0.15, 0.2) is 54.7 Å². The van der Waals surface area contributed by atoms with E-state index in [0.717, 1.165) is 24.8 Å². The number of ether oxygens (including phenoxy) is 2. The van der Waals surface area contributed by atoms with E-state index >= 15 is 0 Å². The lowest BCUT2D eigenvalue weighted by Crippen LogP contribution is -2.59.